The van der Waals surface area contributed by atoms with Crippen LogP contribution in [0.3, 0.4) is 0 Å². The van der Waals surface area contributed by atoms with E-state index in [1.807, 2.05) is 48.5 Å². The molecular formula is C20H22N4O2S2. The molecule has 146 valence electrons. The predicted molar refractivity (Wildman–Crippen MR) is 115 cm³/mol. The molecule has 0 spiro atoms. The molecule has 3 rings (SSSR count). The number of hydrogen-bond donors (Lipinski definition) is 2. The zero-order valence-electron chi connectivity index (χ0n) is 15.7. The van der Waals surface area contributed by atoms with Gasteiger partial charge in [0.1, 0.15) is 11.0 Å². The van der Waals surface area contributed by atoms with Crippen molar-refractivity contribution < 1.29 is 9.53 Å². The standard InChI is InChI=1S/C20H22N4O2S2/c1-3-12-21-19-23-24-20(28-19)27-17(14-8-5-4-6-9-14)18(25)22-15-10-7-11-16(13-15)26-2/h4-11,13,17H,3,12H2,1-2H3,(H,21,23)(H,22,25)/t17-/m0/s1. The van der Waals surface area contributed by atoms with Gasteiger partial charge in [0.25, 0.3) is 0 Å². The number of hydrogen-bond acceptors (Lipinski definition) is 7. The summed E-state index contributed by atoms with van der Waals surface area (Å²) in [6.45, 7) is 2.94. The van der Waals surface area contributed by atoms with E-state index in [1.54, 1.807) is 13.2 Å². The lowest BCUT2D eigenvalue weighted by atomic mass is 10.1. The number of amides is 1. The minimum atomic E-state index is -0.445. The SMILES string of the molecule is CCCNc1nnc(S[C@H](C(=O)Nc2cccc(OC)c2)c2ccccc2)s1. The first-order chi connectivity index (χ1) is 13.7. The molecule has 3 aromatic rings. The molecule has 0 bridgehead atoms. The normalized spacial score (nSPS) is 11.6. The third-order valence-electron chi connectivity index (χ3n) is 3.83. The van der Waals surface area contributed by atoms with E-state index < -0.39 is 5.25 Å². The first-order valence-electron chi connectivity index (χ1n) is 8.93. The Balaban J connectivity index is 1.78. The Labute approximate surface area is 172 Å². The number of ether oxygens (including phenoxy) is 1. The van der Waals surface area contributed by atoms with Gasteiger partial charge in [-0.2, -0.15) is 0 Å². The molecular weight excluding hydrogens is 392 g/mol. The van der Waals surface area contributed by atoms with Crippen LogP contribution < -0.4 is 15.4 Å². The van der Waals surface area contributed by atoms with Crippen molar-refractivity contribution in [3.05, 3.63) is 60.2 Å². The zero-order valence-corrected chi connectivity index (χ0v) is 17.3. The third kappa shape index (κ3) is 5.46. The van der Waals surface area contributed by atoms with Crippen molar-refractivity contribution in [3.63, 3.8) is 0 Å². The van der Waals surface area contributed by atoms with E-state index in [4.69, 9.17) is 4.74 Å². The molecule has 2 N–H and O–H groups in total. The summed E-state index contributed by atoms with van der Waals surface area (Å²) >= 11 is 2.85. The minimum absolute atomic E-state index is 0.122. The maximum Gasteiger partial charge on any atom is 0.242 e. The van der Waals surface area contributed by atoms with Crippen molar-refractivity contribution in [1.29, 1.82) is 0 Å². The van der Waals surface area contributed by atoms with Gasteiger partial charge >= 0.3 is 0 Å². The number of anilines is 2. The molecule has 8 heteroatoms. The Kier molecular flexibility index (Phi) is 7.27. The van der Waals surface area contributed by atoms with Gasteiger partial charge in [0.05, 0.1) is 7.11 Å². The maximum atomic E-state index is 13.1. The van der Waals surface area contributed by atoms with Gasteiger partial charge in [-0.3, -0.25) is 4.79 Å². The minimum Gasteiger partial charge on any atom is -0.497 e. The molecule has 0 aliphatic heterocycles. The van der Waals surface area contributed by atoms with Gasteiger partial charge in [-0.25, -0.2) is 0 Å². The summed E-state index contributed by atoms with van der Waals surface area (Å²) in [6.07, 6.45) is 1.01. The highest BCUT2D eigenvalue weighted by molar-refractivity contribution is 8.02. The maximum absolute atomic E-state index is 13.1. The van der Waals surface area contributed by atoms with Crippen LogP contribution in [0, 0.1) is 0 Å². The number of rotatable bonds is 9. The van der Waals surface area contributed by atoms with Crippen LogP contribution in [0.4, 0.5) is 10.8 Å². The van der Waals surface area contributed by atoms with Gasteiger partial charge in [0.2, 0.25) is 11.0 Å². The molecule has 6 nitrogen and oxygen atoms in total. The summed E-state index contributed by atoms with van der Waals surface area (Å²) in [5.41, 5.74) is 1.60. The van der Waals surface area contributed by atoms with Crippen LogP contribution in [-0.2, 0) is 4.79 Å². The average Bonchev–Trinajstić information content (AvgIpc) is 3.18. The number of aromatic nitrogens is 2. The molecule has 0 radical (unpaired) electrons. The Bertz CT molecular complexity index is 902. The van der Waals surface area contributed by atoms with Crippen molar-refractivity contribution >= 4 is 39.8 Å². The lowest BCUT2D eigenvalue weighted by Gasteiger charge is -2.16. The van der Waals surface area contributed by atoms with E-state index in [1.165, 1.54) is 23.1 Å². The van der Waals surface area contributed by atoms with Crippen LogP contribution in [0.1, 0.15) is 24.2 Å². The van der Waals surface area contributed by atoms with Crippen molar-refractivity contribution in [2.75, 3.05) is 24.3 Å². The van der Waals surface area contributed by atoms with Crippen LogP contribution in [0.15, 0.2) is 58.9 Å². The molecule has 0 unspecified atom stereocenters. The fraction of sp³-hybridized carbons (Fsp3) is 0.250. The molecule has 1 heterocycles. The van der Waals surface area contributed by atoms with E-state index in [0.29, 0.717) is 11.4 Å². The smallest absolute Gasteiger partial charge is 0.242 e. The number of carbonyl (C=O) groups excluding carboxylic acids is 1. The number of carbonyl (C=O) groups is 1. The Morgan fingerprint density at radius 2 is 2.00 bits per heavy atom. The number of nitrogens with zero attached hydrogens (tertiary/aromatic N) is 2. The average molecular weight is 415 g/mol. The summed E-state index contributed by atoms with van der Waals surface area (Å²) in [6, 6.07) is 17.0. The number of nitrogens with one attached hydrogen (secondary N) is 2. The van der Waals surface area contributed by atoms with Crippen LogP contribution >= 0.6 is 23.1 Å². The predicted octanol–water partition coefficient (Wildman–Crippen LogP) is 4.84. The molecule has 1 aromatic heterocycles. The van der Waals surface area contributed by atoms with E-state index in [9.17, 15) is 4.79 Å². The lowest BCUT2D eigenvalue weighted by Crippen LogP contribution is -2.19. The Morgan fingerprint density at radius 3 is 2.75 bits per heavy atom. The van der Waals surface area contributed by atoms with Gasteiger partial charge < -0.3 is 15.4 Å². The van der Waals surface area contributed by atoms with Crippen molar-refractivity contribution in [3.8, 4) is 5.75 Å². The molecule has 0 saturated heterocycles. The van der Waals surface area contributed by atoms with E-state index >= 15 is 0 Å². The number of thioether (sulfide) groups is 1. The molecule has 0 fully saturated rings. The third-order valence-corrected chi connectivity index (χ3v) is 6.05. The molecule has 1 amide bonds. The Morgan fingerprint density at radius 1 is 1.18 bits per heavy atom. The second kappa shape index (κ2) is 10.1. The van der Waals surface area contributed by atoms with E-state index in [-0.39, 0.29) is 5.91 Å². The Hall–Kier alpha value is -2.58. The first-order valence-corrected chi connectivity index (χ1v) is 10.6. The molecule has 0 saturated carbocycles. The summed E-state index contributed by atoms with van der Waals surface area (Å²) in [4.78, 5) is 13.1. The van der Waals surface area contributed by atoms with Gasteiger partial charge in [-0.1, -0.05) is 66.4 Å². The monoisotopic (exact) mass is 414 g/mol. The van der Waals surface area contributed by atoms with Crippen molar-refractivity contribution in [2.24, 2.45) is 0 Å². The molecule has 2 aromatic carbocycles. The molecule has 0 aliphatic rings. The van der Waals surface area contributed by atoms with Crippen LogP contribution in [0.2, 0.25) is 0 Å². The fourth-order valence-corrected chi connectivity index (χ4v) is 4.44. The number of methoxy groups -OCH3 is 1. The van der Waals surface area contributed by atoms with Gasteiger partial charge in [-0.05, 0) is 24.1 Å². The zero-order chi connectivity index (χ0) is 19.8. The molecule has 0 aliphatic carbocycles. The molecule has 1 atom stereocenters. The van der Waals surface area contributed by atoms with Gasteiger partial charge in [-0.15, -0.1) is 10.2 Å². The van der Waals surface area contributed by atoms with Crippen LogP contribution in [0.25, 0.3) is 0 Å². The summed E-state index contributed by atoms with van der Waals surface area (Å²) in [7, 11) is 1.60. The fourth-order valence-electron chi connectivity index (χ4n) is 2.47. The second-order valence-electron chi connectivity index (χ2n) is 5.93. The van der Waals surface area contributed by atoms with E-state index in [0.717, 1.165) is 28.0 Å². The van der Waals surface area contributed by atoms with Crippen LogP contribution in [-0.4, -0.2) is 29.8 Å². The quantitative estimate of drug-likeness (QED) is 0.488. The highest BCUT2D eigenvalue weighted by atomic mass is 32.2. The first kappa shape index (κ1) is 20.2. The topological polar surface area (TPSA) is 76.1 Å². The summed E-state index contributed by atoms with van der Waals surface area (Å²) in [5, 5.41) is 14.9. The summed E-state index contributed by atoms with van der Waals surface area (Å²) in [5.74, 6) is 0.570. The van der Waals surface area contributed by atoms with Crippen molar-refractivity contribution in [2.45, 2.75) is 22.9 Å². The second-order valence-corrected chi connectivity index (χ2v) is 8.26. The highest BCUT2D eigenvalue weighted by Gasteiger charge is 2.24. The van der Waals surface area contributed by atoms with Crippen LogP contribution in [0.5, 0.6) is 5.75 Å². The summed E-state index contributed by atoms with van der Waals surface area (Å²) < 4.78 is 5.98. The molecule has 28 heavy (non-hydrogen) atoms. The van der Waals surface area contributed by atoms with Gasteiger partial charge in [0, 0.05) is 18.3 Å². The van der Waals surface area contributed by atoms with E-state index in [2.05, 4.69) is 27.8 Å². The van der Waals surface area contributed by atoms with Gasteiger partial charge in [0.15, 0.2) is 4.34 Å². The number of benzene rings is 2. The highest BCUT2D eigenvalue weighted by Crippen LogP contribution is 2.38. The largest absolute Gasteiger partial charge is 0.497 e. The lowest BCUT2D eigenvalue weighted by molar-refractivity contribution is -0.115. The van der Waals surface area contributed by atoms with Crippen molar-refractivity contribution in [1.82, 2.24) is 10.2 Å².